The van der Waals surface area contributed by atoms with E-state index in [0.717, 1.165) is 36.0 Å². The van der Waals surface area contributed by atoms with Gasteiger partial charge in [0.15, 0.2) is 5.78 Å². The Balaban J connectivity index is 1.60. The molecule has 1 N–H and O–H groups in total. The number of fused-ring (bicyclic) bond motifs is 5. The van der Waals surface area contributed by atoms with Crippen molar-refractivity contribution >= 4 is 5.78 Å². The van der Waals surface area contributed by atoms with Crippen molar-refractivity contribution in [2.24, 2.45) is 46.3 Å². The van der Waals surface area contributed by atoms with Crippen molar-refractivity contribution in [1.82, 2.24) is 0 Å². The number of aliphatic hydroxyl groups excluding tert-OH is 1. The van der Waals surface area contributed by atoms with Gasteiger partial charge in [0, 0.05) is 5.92 Å². The minimum atomic E-state index is -0.251. The molecule has 0 heterocycles. The molecule has 4 saturated carbocycles. The number of ketones is 1. The lowest BCUT2D eigenvalue weighted by molar-refractivity contribution is -0.138. The summed E-state index contributed by atoms with van der Waals surface area (Å²) in [6, 6.07) is 0. The standard InChI is InChI=1S/C22H36O2/c1-14-8-10-21(2)15(12-14)4-5-16-17-6-7-19(20(24)13-23)22(17,3)11-9-18(16)21/h14-19,23H,4-13H2,1-3H3. The van der Waals surface area contributed by atoms with E-state index in [2.05, 4.69) is 20.8 Å². The molecule has 24 heavy (non-hydrogen) atoms. The van der Waals surface area contributed by atoms with Gasteiger partial charge in [0.05, 0.1) is 0 Å². The summed E-state index contributed by atoms with van der Waals surface area (Å²) in [6.07, 6.45) is 11.9. The Morgan fingerprint density at radius 1 is 0.958 bits per heavy atom. The van der Waals surface area contributed by atoms with Gasteiger partial charge in [0.25, 0.3) is 0 Å². The summed E-state index contributed by atoms with van der Waals surface area (Å²) in [4.78, 5) is 12.3. The highest BCUT2D eigenvalue weighted by Crippen LogP contribution is 2.67. The van der Waals surface area contributed by atoms with Crippen LogP contribution in [0, 0.1) is 46.3 Å². The van der Waals surface area contributed by atoms with Crippen molar-refractivity contribution in [1.29, 1.82) is 0 Å². The fourth-order valence-electron chi connectivity index (χ4n) is 8.11. The fourth-order valence-corrected chi connectivity index (χ4v) is 8.11. The number of hydrogen-bond donors (Lipinski definition) is 1. The van der Waals surface area contributed by atoms with E-state index in [-0.39, 0.29) is 23.7 Å². The minimum absolute atomic E-state index is 0.116. The van der Waals surface area contributed by atoms with Crippen molar-refractivity contribution in [2.45, 2.75) is 78.6 Å². The van der Waals surface area contributed by atoms with Gasteiger partial charge in [0.1, 0.15) is 6.61 Å². The SMILES string of the molecule is CC1CCC2(C)C(CCC3C2CCC2(C)C(C(=O)CO)CCC32)C1. The second-order valence-electron chi connectivity index (χ2n) is 10.3. The monoisotopic (exact) mass is 332 g/mol. The third-order valence-corrected chi connectivity index (χ3v) is 9.47. The van der Waals surface area contributed by atoms with E-state index in [1.165, 1.54) is 51.4 Å². The summed E-state index contributed by atoms with van der Waals surface area (Å²) in [5.41, 5.74) is 0.738. The van der Waals surface area contributed by atoms with Gasteiger partial charge in [-0.15, -0.1) is 0 Å². The number of aliphatic hydroxyl groups is 1. The van der Waals surface area contributed by atoms with Gasteiger partial charge in [-0.05, 0) is 91.8 Å². The largest absolute Gasteiger partial charge is 0.389 e. The maximum Gasteiger partial charge on any atom is 0.161 e. The maximum absolute atomic E-state index is 12.3. The van der Waals surface area contributed by atoms with Crippen LogP contribution in [0.25, 0.3) is 0 Å². The normalized spacial score (nSPS) is 53.8. The molecule has 4 fully saturated rings. The first kappa shape index (κ1) is 17.1. The van der Waals surface area contributed by atoms with E-state index in [4.69, 9.17) is 0 Å². The van der Waals surface area contributed by atoms with Crippen LogP contribution in [0.3, 0.4) is 0 Å². The van der Waals surface area contributed by atoms with Crippen molar-refractivity contribution in [3.05, 3.63) is 0 Å². The van der Waals surface area contributed by atoms with Crippen LogP contribution in [0.1, 0.15) is 78.6 Å². The summed E-state index contributed by atoms with van der Waals surface area (Å²) >= 11 is 0. The van der Waals surface area contributed by atoms with Gasteiger partial charge in [-0.1, -0.05) is 27.2 Å². The molecule has 0 spiro atoms. The number of hydrogen-bond acceptors (Lipinski definition) is 2. The van der Waals surface area contributed by atoms with Crippen LogP contribution in [0.5, 0.6) is 0 Å². The van der Waals surface area contributed by atoms with Gasteiger partial charge >= 0.3 is 0 Å². The lowest BCUT2D eigenvalue weighted by Crippen LogP contribution is -2.53. The topological polar surface area (TPSA) is 37.3 Å². The predicted octanol–water partition coefficient (Wildman–Crippen LogP) is 4.84. The Labute approximate surface area is 147 Å². The zero-order valence-corrected chi connectivity index (χ0v) is 15.9. The van der Waals surface area contributed by atoms with E-state index in [1.54, 1.807) is 0 Å². The molecule has 4 rings (SSSR count). The van der Waals surface area contributed by atoms with E-state index in [1.807, 2.05) is 0 Å². The van der Waals surface area contributed by atoms with Crippen molar-refractivity contribution < 1.29 is 9.90 Å². The molecule has 0 aliphatic heterocycles. The summed E-state index contributed by atoms with van der Waals surface area (Å²) in [6.45, 7) is 7.20. The second kappa shape index (κ2) is 5.83. The maximum atomic E-state index is 12.3. The molecule has 0 aromatic heterocycles. The van der Waals surface area contributed by atoms with Crippen LogP contribution in [0.15, 0.2) is 0 Å². The molecule has 0 aromatic rings. The first-order valence-corrected chi connectivity index (χ1v) is 10.5. The minimum Gasteiger partial charge on any atom is -0.389 e. The molecule has 0 saturated heterocycles. The number of rotatable bonds is 2. The van der Waals surface area contributed by atoms with Crippen LogP contribution in [0.4, 0.5) is 0 Å². The molecule has 4 aliphatic rings. The molecule has 0 amide bonds. The van der Waals surface area contributed by atoms with Gasteiger partial charge in [0.2, 0.25) is 0 Å². The van der Waals surface area contributed by atoms with Crippen LogP contribution >= 0.6 is 0 Å². The molecular formula is C22H36O2. The Bertz CT molecular complexity index is 514. The highest BCUT2D eigenvalue weighted by atomic mass is 16.3. The number of Topliss-reactive ketones (excluding diaryl/α,β-unsaturated/α-hetero) is 1. The van der Waals surface area contributed by atoms with Gasteiger partial charge in [-0.2, -0.15) is 0 Å². The molecule has 2 nitrogen and oxygen atoms in total. The van der Waals surface area contributed by atoms with Crippen molar-refractivity contribution in [3.63, 3.8) is 0 Å². The zero-order chi connectivity index (χ0) is 17.1. The van der Waals surface area contributed by atoms with Gasteiger partial charge < -0.3 is 5.11 Å². The Kier molecular flexibility index (Phi) is 4.14. The molecular weight excluding hydrogens is 296 g/mol. The lowest BCUT2D eigenvalue weighted by Gasteiger charge is -2.61. The molecule has 0 radical (unpaired) electrons. The number of carbonyl (C=O) groups is 1. The van der Waals surface area contributed by atoms with Gasteiger partial charge in [-0.25, -0.2) is 0 Å². The van der Waals surface area contributed by atoms with E-state index >= 15 is 0 Å². The highest BCUT2D eigenvalue weighted by molar-refractivity contribution is 5.83. The Hall–Kier alpha value is -0.370. The molecule has 8 unspecified atom stereocenters. The summed E-state index contributed by atoms with van der Waals surface area (Å²) in [5, 5.41) is 9.40. The molecule has 2 heteroatoms. The number of carbonyl (C=O) groups excluding carboxylic acids is 1. The average Bonchev–Trinajstić information content (AvgIpc) is 2.92. The van der Waals surface area contributed by atoms with E-state index in [0.29, 0.717) is 5.41 Å². The zero-order valence-electron chi connectivity index (χ0n) is 15.9. The van der Waals surface area contributed by atoms with Crippen molar-refractivity contribution in [2.75, 3.05) is 6.61 Å². The summed E-state index contributed by atoms with van der Waals surface area (Å²) in [5.74, 6) is 4.58. The first-order chi connectivity index (χ1) is 11.4. The second-order valence-corrected chi connectivity index (χ2v) is 10.3. The Morgan fingerprint density at radius 2 is 1.67 bits per heavy atom. The smallest absolute Gasteiger partial charge is 0.161 e. The lowest BCUT2D eigenvalue weighted by atomic mass is 9.44. The van der Waals surface area contributed by atoms with Crippen LogP contribution in [0.2, 0.25) is 0 Å². The third-order valence-electron chi connectivity index (χ3n) is 9.47. The van der Waals surface area contributed by atoms with Crippen LogP contribution < -0.4 is 0 Å². The Morgan fingerprint density at radius 3 is 2.42 bits per heavy atom. The highest BCUT2D eigenvalue weighted by Gasteiger charge is 2.60. The summed E-state index contributed by atoms with van der Waals surface area (Å²) < 4.78 is 0. The summed E-state index contributed by atoms with van der Waals surface area (Å²) in [7, 11) is 0. The first-order valence-electron chi connectivity index (χ1n) is 10.5. The van der Waals surface area contributed by atoms with Crippen LogP contribution in [-0.2, 0) is 4.79 Å². The average molecular weight is 333 g/mol. The fraction of sp³-hybridized carbons (Fsp3) is 0.955. The van der Waals surface area contributed by atoms with E-state index < -0.39 is 0 Å². The molecule has 136 valence electrons. The van der Waals surface area contributed by atoms with Crippen molar-refractivity contribution in [3.8, 4) is 0 Å². The predicted molar refractivity (Wildman–Crippen MR) is 96.5 cm³/mol. The third kappa shape index (κ3) is 2.27. The van der Waals surface area contributed by atoms with Crippen LogP contribution in [-0.4, -0.2) is 17.5 Å². The van der Waals surface area contributed by atoms with E-state index in [9.17, 15) is 9.90 Å². The van der Waals surface area contributed by atoms with Gasteiger partial charge in [-0.3, -0.25) is 4.79 Å². The molecule has 4 aliphatic carbocycles. The quantitative estimate of drug-likeness (QED) is 0.785. The molecule has 0 aromatic carbocycles. The molecule has 0 bridgehead atoms. The molecule has 8 atom stereocenters.